The molecule has 3 heterocycles. The molecule has 3 N–H and O–H groups in total. The first kappa shape index (κ1) is 32.6. The minimum atomic E-state index is -0.885. The Hall–Kier alpha value is -3.80. The van der Waals surface area contributed by atoms with E-state index in [1.807, 2.05) is 30.3 Å². The van der Waals surface area contributed by atoms with E-state index in [0.717, 1.165) is 51.1 Å². The van der Waals surface area contributed by atoms with Crippen LogP contribution >= 0.6 is 0 Å². The molecule has 0 aliphatic carbocycles. The largest absolute Gasteiger partial charge is 0.391 e. The van der Waals surface area contributed by atoms with E-state index in [0.29, 0.717) is 17.8 Å². The van der Waals surface area contributed by atoms with Gasteiger partial charge in [-0.3, -0.25) is 19.7 Å². The number of hydrazine groups is 1. The van der Waals surface area contributed by atoms with Gasteiger partial charge in [-0.25, -0.2) is 9.91 Å². The minimum absolute atomic E-state index is 0.0502. The molecule has 11 nitrogen and oxygen atoms in total. The van der Waals surface area contributed by atoms with E-state index in [9.17, 15) is 24.8 Å². The predicted octanol–water partition coefficient (Wildman–Crippen LogP) is 5.02. The van der Waals surface area contributed by atoms with Gasteiger partial charge in [0.1, 0.15) is 6.04 Å². The van der Waals surface area contributed by atoms with E-state index in [-0.39, 0.29) is 17.5 Å². The molecule has 5 rings (SSSR count). The van der Waals surface area contributed by atoms with Crippen LogP contribution in [0.15, 0.2) is 60.7 Å². The van der Waals surface area contributed by atoms with Crippen LogP contribution in [0.2, 0.25) is 0 Å². The van der Waals surface area contributed by atoms with E-state index in [1.165, 1.54) is 49.1 Å². The molecule has 2 aromatic rings. The fourth-order valence-electron chi connectivity index (χ4n) is 6.58. The second kappa shape index (κ2) is 15.5. The van der Waals surface area contributed by atoms with Crippen molar-refractivity contribution < 1.29 is 19.6 Å². The van der Waals surface area contributed by atoms with Gasteiger partial charge in [-0.15, -0.1) is 0 Å². The average Bonchev–Trinajstić information content (AvgIpc) is 3.32. The first-order valence-electron chi connectivity index (χ1n) is 16.5. The number of hydrogen-bond acceptors (Lipinski definition) is 9. The van der Waals surface area contributed by atoms with Crippen LogP contribution in [0.4, 0.5) is 22.7 Å². The number of carbonyl (C=O) groups excluding carboxylic acids is 2. The molecule has 0 saturated carbocycles. The number of aliphatic hydroxyl groups excluding tert-OH is 1. The summed E-state index contributed by atoms with van der Waals surface area (Å²) in [5, 5.41) is 27.6. The van der Waals surface area contributed by atoms with Crippen LogP contribution in [0.1, 0.15) is 64.7 Å². The number of fused-ring (bicyclic) bond motifs is 1. The molecule has 0 aromatic heterocycles. The summed E-state index contributed by atoms with van der Waals surface area (Å²) in [5.74, 6) is -1.42. The highest BCUT2D eigenvalue weighted by Crippen LogP contribution is 2.37. The molecule has 0 spiro atoms. The lowest BCUT2D eigenvalue weighted by atomic mass is 9.91. The zero-order valence-corrected chi connectivity index (χ0v) is 26.1. The molecule has 3 aliphatic heterocycles. The van der Waals surface area contributed by atoms with Crippen molar-refractivity contribution in [3.8, 4) is 0 Å². The number of rotatable bonds is 15. The number of anilines is 3. The lowest BCUT2D eigenvalue weighted by Gasteiger charge is -2.40. The average molecular weight is 619 g/mol. The number of nitro benzene ring substituents is 1. The van der Waals surface area contributed by atoms with Crippen molar-refractivity contribution in [3.05, 3.63) is 70.8 Å². The monoisotopic (exact) mass is 618 g/mol. The number of non-ortho nitro benzene ring substituents is 1. The third kappa shape index (κ3) is 7.71. The van der Waals surface area contributed by atoms with Crippen molar-refractivity contribution in [3.63, 3.8) is 0 Å². The van der Waals surface area contributed by atoms with Gasteiger partial charge in [0.25, 0.3) is 11.6 Å². The maximum Gasteiger partial charge on any atom is 0.269 e. The van der Waals surface area contributed by atoms with Crippen LogP contribution in [0.25, 0.3) is 0 Å². The molecule has 0 radical (unpaired) electrons. The molecule has 45 heavy (non-hydrogen) atoms. The van der Waals surface area contributed by atoms with Gasteiger partial charge in [-0.05, 0) is 42.8 Å². The highest BCUT2D eigenvalue weighted by atomic mass is 16.6. The molecule has 2 saturated heterocycles. The number of hydrogen-bond donors (Lipinski definition) is 3. The molecule has 0 bridgehead atoms. The van der Waals surface area contributed by atoms with E-state index in [2.05, 4.69) is 22.6 Å². The Kier molecular flexibility index (Phi) is 11.2. The standard InChI is InChI=1S/C34H46N6O5/c1-2-3-4-5-6-7-8-9-10-31(41)30-20-19-29-32(39(30)36-25-11-13-28(14-12-25)40(44)45)34(43)38(33(29)42)27-17-15-26(16-18-27)37-23-21-35-22-24-37/h11-20,29-32,35-36,41H,2-10,21-24H2,1H3/t29-,30+,31-,32+/m1/s1. The summed E-state index contributed by atoms with van der Waals surface area (Å²) < 4.78 is 0. The van der Waals surface area contributed by atoms with Gasteiger partial charge < -0.3 is 20.7 Å². The van der Waals surface area contributed by atoms with Crippen LogP contribution < -0.4 is 20.5 Å². The van der Waals surface area contributed by atoms with Gasteiger partial charge in [0.2, 0.25) is 5.91 Å². The maximum atomic E-state index is 14.1. The number of carbonyl (C=O) groups is 2. The summed E-state index contributed by atoms with van der Waals surface area (Å²) in [6.07, 6.45) is 12.6. The highest BCUT2D eigenvalue weighted by molar-refractivity contribution is 6.24. The van der Waals surface area contributed by atoms with Crippen LogP contribution in [0, 0.1) is 16.0 Å². The number of piperazine rings is 1. The van der Waals surface area contributed by atoms with Crippen LogP contribution in [0.5, 0.6) is 0 Å². The van der Waals surface area contributed by atoms with Gasteiger partial charge in [0.05, 0.1) is 28.7 Å². The summed E-state index contributed by atoms with van der Waals surface area (Å²) >= 11 is 0. The Balaban J connectivity index is 1.32. The Bertz CT molecular complexity index is 1330. The highest BCUT2D eigenvalue weighted by Gasteiger charge is 2.54. The minimum Gasteiger partial charge on any atom is -0.391 e. The van der Waals surface area contributed by atoms with E-state index < -0.39 is 29.0 Å². The fraction of sp³-hybridized carbons (Fsp3) is 0.529. The van der Waals surface area contributed by atoms with Crippen molar-refractivity contribution in [2.75, 3.05) is 41.4 Å². The lowest BCUT2D eigenvalue weighted by Crippen LogP contribution is -2.57. The van der Waals surface area contributed by atoms with Crippen molar-refractivity contribution in [1.29, 1.82) is 0 Å². The first-order valence-corrected chi connectivity index (χ1v) is 16.5. The molecule has 2 amide bonds. The third-order valence-corrected chi connectivity index (χ3v) is 9.13. The number of aliphatic hydroxyl groups is 1. The number of benzene rings is 2. The zero-order valence-electron chi connectivity index (χ0n) is 26.1. The van der Waals surface area contributed by atoms with Crippen molar-refractivity contribution >= 4 is 34.6 Å². The number of nitrogens with zero attached hydrogens (tertiary/aromatic N) is 4. The number of imide groups is 1. The smallest absolute Gasteiger partial charge is 0.269 e. The molecule has 3 aliphatic rings. The summed E-state index contributed by atoms with van der Waals surface area (Å²) in [7, 11) is 0. The molecular formula is C34H46N6O5. The first-order chi connectivity index (χ1) is 21.9. The Labute approximate surface area is 265 Å². The quantitative estimate of drug-likeness (QED) is 0.0828. The molecule has 0 unspecified atom stereocenters. The van der Waals surface area contributed by atoms with Crippen molar-refractivity contribution in [2.24, 2.45) is 5.92 Å². The van der Waals surface area contributed by atoms with Gasteiger partial charge in [0.15, 0.2) is 0 Å². The van der Waals surface area contributed by atoms with Crippen LogP contribution in [-0.4, -0.2) is 71.2 Å². The summed E-state index contributed by atoms with van der Waals surface area (Å²) in [4.78, 5) is 42.0. The summed E-state index contributed by atoms with van der Waals surface area (Å²) in [5.41, 5.74) is 5.27. The van der Waals surface area contributed by atoms with Gasteiger partial charge >= 0.3 is 0 Å². The molecule has 2 aromatic carbocycles. The molecule has 4 atom stereocenters. The topological polar surface area (TPSA) is 131 Å². The lowest BCUT2D eigenvalue weighted by molar-refractivity contribution is -0.384. The molecule has 11 heteroatoms. The number of unbranched alkanes of at least 4 members (excludes halogenated alkanes) is 7. The van der Waals surface area contributed by atoms with Crippen LogP contribution in [-0.2, 0) is 9.59 Å². The van der Waals surface area contributed by atoms with Gasteiger partial charge in [-0.1, -0.05) is 70.4 Å². The Morgan fingerprint density at radius 3 is 2.16 bits per heavy atom. The van der Waals surface area contributed by atoms with E-state index >= 15 is 0 Å². The Morgan fingerprint density at radius 2 is 1.51 bits per heavy atom. The summed E-state index contributed by atoms with van der Waals surface area (Å²) in [6, 6.07) is 12.0. The Morgan fingerprint density at radius 1 is 0.889 bits per heavy atom. The predicted molar refractivity (Wildman–Crippen MR) is 176 cm³/mol. The maximum absolute atomic E-state index is 14.1. The third-order valence-electron chi connectivity index (χ3n) is 9.13. The van der Waals surface area contributed by atoms with E-state index in [1.54, 1.807) is 23.2 Å². The normalized spacial score (nSPS) is 22.5. The number of nitro groups is 1. The molecular weight excluding hydrogens is 572 g/mol. The van der Waals surface area contributed by atoms with Crippen LogP contribution in [0.3, 0.4) is 0 Å². The van der Waals surface area contributed by atoms with Gasteiger partial charge in [0, 0.05) is 49.7 Å². The fourth-order valence-corrected chi connectivity index (χ4v) is 6.58. The molecule has 242 valence electrons. The second-order valence-corrected chi connectivity index (χ2v) is 12.3. The van der Waals surface area contributed by atoms with Crippen molar-refractivity contribution in [2.45, 2.75) is 82.9 Å². The second-order valence-electron chi connectivity index (χ2n) is 12.3. The number of amides is 2. The summed E-state index contributed by atoms with van der Waals surface area (Å²) in [6.45, 7) is 5.80. The zero-order chi connectivity index (χ0) is 31.8. The molecule has 2 fully saturated rings. The SMILES string of the molecule is CCCCCCCCCC[C@@H](O)[C@@H]1C=C[C@H]2C(=O)N(c3ccc(N4CCNCC4)cc3)C(=O)[C@H]2N1Nc1ccc([N+](=O)[O-])cc1. The van der Waals surface area contributed by atoms with Crippen molar-refractivity contribution in [1.82, 2.24) is 10.3 Å². The van der Waals surface area contributed by atoms with E-state index in [4.69, 9.17) is 0 Å². The number of nitrogens with one attached hydrogen (secondary N) is 2. The van der Waals surface area contributed by atoms with Gasteiger partial charge in [-0.2, -0.15) is 0 Å².